The van der Waals surface area contributed by atoms with E-state index in [0.717, 1.165) is 70.7 Å². The first-order chi connectivity index (χ1) is 16.8. The lowest BCUT2D eigenvalue weighted by Crippen LogP contribution is -2.41. The molecule has 2 aromatic carbocycles. The molecule has 6 heteroatoms. The Hall–Kier alpha value is -2.96. The Labute approximate surface area is 201 Å². The minimum atomic E-state index is 0.0781. The van der Waals surface area contributed by atoms with Gasteiger partial charge < -0.3 is 14.4 Å². The van der Waals surface area contributed by atoms with Crippen molar-refractivity contribution < 1.29 is 14.3 Å². The molecule has 0 aliphatic carbocycles. The quantitative estimate of drug-likeness (QED) is 0.534. The first-order valence-electron chi connectivity index (χ1n) is 12.4. The van der Waals surface area contributed by atoms with Gasteiger partial charge in [-0.3, -0.25) is 14.7 Å². The molecule has 0 bridgehead atoms. The maximum Gasteiger partial charge on any atom is 0.257 e. The highest BCUT2D eigenvalue weighted by molar-refractivity contribution is 5.97. The molecule has 0 N–H and O–H groups in total. The van der Waals surface area contributed by atoms with Crippen molar-refractivity contribution in [3.8, 4) is 5.75 Å². The molecule has 3 heterocycles. The van der Waals surface area contributed by atoms with E-state index in [1.54, 1.807) is 0 Å². The second-order valence-corrected chi connectivity index (χ2v) is 9.29. The van der Waals surface area contributed by atoms with Crippen molar-refractivity contribution in [2.24, 2.45) is 5.92 Å². The van der Waals surface area contributed by atoms with Crippen molar-refractivity contribution >= 4 is 16.8 Å². The van der Waals surface area contributed by atoms with Crippen LogP contribution in [-0.4, -0.2) is 73.2 Å². The summed E-state index contributed by atoms with van der Waals surface area (Å²) in [4.78, 5) is 22.2. The maximum absolute atomic E-state index is 13.5. The predicted molar refractivity (Wildman–Crippen MR) is 133 cm³/mol. The summed E-state index contributed by atoms with van der Waals surface area (Å²) in [5, 5.41) is 1.17. The highest BCUT2D eigenvalue weighted by atomic mass is 16.5. The second-order valence-electron chi connectivity index (χ2n) is 9.29. The molecule has 0 spiro atoms. The molecule has 0 radical (unpaired) electrons. The summed E-state index contributed by atoms with van der Waals surface area (Å²) in [7, 11) is 0. The number of hydrogen-bond donors (Lipinski definition) is 0. The number of morpholine rings is 1. The average molecular weight is 460 g/mol. The van der Waals surface area contributed by atoms with Crippen molar-refractivity contribution in [1.29, 1.82) is 0 Å². The number of hydrogen-bond acceptors (Lipinski definition) is 5. The summed E-state index contributed by atoms with van der Waals surface area (Å²) in [6.45, 7) is 6.44. The van der Waals surface area contributed by atoms with Gasteiger partial charge in [-0.1, -0.05) is 24.3 Å². The summed E-state index contributed by atoms with van der Waals surface area (Å²) < 4.78 is 11.5. The maximum atomic E-state index is 13.5. The molecule has 1 atom stereocenters. The molecule has 1 amide bonds. The van der Waals surface area contributed by atoms with Gasteiger partial charge in [-0.2, -0.15) is 0 Å². The predicted octanol–water partition coefficient (Wildman–Crippen LogP) is 4.04. The second kappa shape index (κ2) is 11.0. The zero-order valence-electron chi connectivity index (χ0n) is 19.7. The number of likely N-dealkylation sites (tertiary alicyclic amines) is 1. The zero-order valence-corrected chi connectivity index (χ0v) is 19.7. The van der Waals surface area contributed by atoms with E-state index < -0.39 is 0 Å². The van der Waals surface area contributed by atoms with Crippen LogP contribution in [0.15, 0.2) is 60.8 Å². The van der Waals surface area contributed by atoms with E-state index in [9.17, 15) is 4.79 Å². The topological polar surface area (TPSA) is 54.9 Å². The lowest BCUT2D eigenvalue weighted by molar-refractivity contribution is 0.0321. The van der Waals surface area contributed by atoms with Crippen LogP contribution in [0.1, 0.15) is 28.8 Å². The Bertz CT molecular complexity index is 1110. The zero-order chi connectivity index (χ0) is 23.2. The van der Waals surface area contributed by atoms with E-state index in [1.165, 1.54) is 10.9 Å². The number of fused-ring (bicyclic) bond motifs is 1. The van der Waals surface area contributed by atoms with Crippen molar-refractivity contribution in [1.82, 2.24) is 14.8 Å². The minimum Gasteiger partial charge on any atom is -0.491 e. The molecule has 3 aromatic rings. The molecule has 1 unspecified atom stereocenters. The largest absolute Gasteiger partial charge is 0.491 e. The van der Waals surface area contributed by atoms with Gasteiger partial charge in [0, 0.05) is 44.3 Å². The van der Waals surface area contributed by atoms with Gasteiger partial charge >= 0.3 is 0 Å². The first kappa shape index (κ1) is 22.8. The third kappa shape index (κ3) is 5.57. The van der Waals surface area contributed by atoms with E-state index in [-0.39, 0.29) is 5.91 Å². The van der Waals surface area contributed by atoms with Gasteiger partial charge in [-0.05, 0) is 61.1 Å². The van der Waals surface area contributed by atoms with Crippen molar-refractivity contribution in [2.45, 2.75) is 19.3 Å². The molecular weight excluding hydrogens is 426 g/mol. The number of carbonyl (C=O) groups is 1. The van der Waals surface area contributed by atoms with Crippen LogP contribution in [0.25, 0.3) is 10.9 Å². The Kier molecular flexibility index (Phi) is 7.37. The van der Waals surface area contributed by atoms with Gasteiger partial charge in [0.1, 0.15) is 12.4 Å². The normalized spacial score (nSPS) is 19.3. The molecule has 5 rings (SSSR count). The van der Waals surface area contributed by atoms with E-state index in [1.807, 2.05) is 41.4 Å². The highest BCUT2D eigenvalue weighted by Gasteiger charge is 2.26. The summed E-state index contributed by atoms with van der Waals surface area (Å²) in [6, 6.07) is 18.3. The number of rotatable bonds is 7. The molecule has 2 fully saturated rings. The van der Waals surface area contributed by atoms with Crippen LogP contribution in [0.2, 0.25) is 0 Å². The van der Waals surface area contributed by atoms with Gasteiger partial charge in [0.15, 0.2) is 0 Å². The van der Waals surface area contributed by atoms with Crippen LogP contribution in [0, 0.1) is 5.92 Å². The number of ether oxygens (including phenoxy) is 2. The number of carbonyl (C=O) groups excluding carboxylic acids is 1. The van der Waals surface area contributed by atoms with Crippen molar-refractivity contribution in [3.05, 3.63) is 71.9 Å². The smallest absolute Gasteiger partial charge is 0.257 e. The molecule has 0 saturated carbocycles. The summed E-state index contributed by atoms with van der Waals surface area (Å²) in [5.41, 5.74) is 3.01. The van der Waals surface area contributed by atoms with Crippen molar-refractivity contribution in [3.63, 3.8) is 0 Å². The van der Waals surface area contributed by atoms with E-state index >= 15 is 0 Å². The number of benzene rings is 2. The van der Waals surface area contributed by atoms with Gasteiger partial charge in [0.25, 0.3) is 5.91 Å². The van der Waals surface area contributed by atoms with Crippen LogP contribution < -0.4 is 4.74 Å². The SMILES string of the molecule is O=C(c1ccccc1OCCN1CCOCC1)N1CCCC(Cc2ccc3ncccc3c2)C1. The monoisotopic (exact) mass is 459 g/mol. The number of para-hydroxylation sites is 1. The Morgan fingerprint density at radius 3 is 2.85 bits per heavy atom. The Morgan fingerprint density at radius 1 is 1.06 bits per heavy atom. The highest BCUT2D eigenvalue weighted by Crippen LogP contribution is 2.26. The van der Waals surface area contributed by atoms with Gasteiger partial charge in [-0.15, -0.1) is 0 Å². The summed E-state index contributed by atoms with van der Waals surface area (Å²) >= 11 is 0. The van der Waals surface area contributed by atoms with E-state index in [0.29, 0.717) is 23.8 Å². The van der Waals surface area contributed by atoms with Crippen LogP contribution in [0.4, 0.5) is 0 Å². The van der Waals surface area contributed by atoms with E-state index in [2.05, 4.69) is 34.1 Å². The van der Waals surface area contributed by atoms with Gasteiger partial charge in [0.05, 0.1) is 24.3 Å². The van der Waals surface area contributed by atoms with E-state index in [4.69, 9.17) is 9.47 Å². The Balaban J connectivity index is 1.21. The summed E-state index contributed by atoms with van der Waals surface area (Å²) in [6.07, 6.45) is 4.99. The fraction of sp³-hybridized carbons (Fsp3) is 0.429. The third-order valence-corrected chi connectivity index (χ3v) is 6.88. The molecule has 1 aromatic heterocycles. The van der Waals surface area contributed by atoms with Crippen LogP contribution in [0.3, 0.4) is 0 Å². The van der Waals surface area contributed by atoms with Crippen LogP contribution in [-0.2, 0) is 11.2 Å². The molecule has 2 saturated heterocycles. The molecule has 2 aliphatic rings. The Morgan fingerprint density at radius 2 is 1.94 bits per heavy atom. The molecule has 6 nitrogen and oxygen atoms in total. The fourth-order valence-electron chi connectivity index (χ4n) is 5.05. The standard InChI is InChI=1S/C28H33N3O3/c32-28(25-7-1-2-8-27(25)34-18-15-30-13-16-33-17-14-30)31-12-4-5-23(21-31)19-22-9-10-26-24(20-22)6-3-11-29-26/h1-3,6-11,20,23H,4-5,12-19,21H2. The molecule has 34 heavy (non-hydrogen) atoms. The first-order valence-corrected chi connectivity index (χ1v) is 12.4. The number of pyridine rings is 1. The molecule has 178 valence electrons. The van der Waals surface area contributed by atoms with Crippen molar-refractivity contribution in [2.75, 3.05) is 52.5 Å². The lowest BCUT2D eigenvalue weighted by atomic mass is 9.90. The average Bonchev–Trinajstić information content (AvgIpc) is 2.89. The number of amides is 1. The number of piperidine rings is 1. The van der Waals surface area contributed by atoms with Crippen LogP contribution >= 0.6 is 0 Å². The lowest BCUT2D eigenvalue weighted by Gasteiger charge is -2.33. The number of nitrogens with zero attached hydrogens (tertiary/aromatic N) is 3. The number of aromatic nitrogens is 1. The fourth-order valence-corrected chi connectivity index (χ4v) is 5.05. The molecule has 2 aliphatic heterocycles. The van der Waals surface area contributed by atoms with Crippen LogP contribution in [0.5, 0.6) is 5.75 Å². The third-order valence-electron chi connectivity index (χ3n) is 6.88. The molecular formula is C28H33N3O3. The van der Waals surface area contributed by atoms with Gasteiger partial charge in [-0.25, -0.2) is 0 Å². The van der Waals surface area contributed by atoms with Gasteiger partial charge in [0.2, 0.25) is 0 Å². The minimum absolute atomic E-state index is 0.0781. The summed E-state index contributed by atoms with van der Waals surface area (Å²) in [5.74, 6) is 1.22.